The molecule has 1 aliphatic heterocycles. The van der Waals surface area contributed by atoms with E-state index in [-0.39, 0.29) is 0 Å². The number of aromatic nitrogens is 2. The first-order valence-corrected chi connectivity index (χ1v) is 4.94. The SMILES string of the molecule is O=c1[nH]cc(C(F)(F)F)c(=O)n1C1CCCO1. The van der Waals surface area contributed by atoms with Crippen molar-refractivity contribution in [2.24, 2.45) is 0 Å². The van der Waals surface area contributed by atoms with Crippen LogP contribution in [0.15, 0.2) is 15.8 Å². The van der Waals surface area contributed by atoms with E-state index in [1.165, 1.54) is 0 Å². The zero-order chi connectivity index (χ0) is 12.6. The molecule has 1 atom stereocenters. The van der Waals surface area contributed by atoms with Crippen molar-refractivity contribution < 1.29 is 17.9 Å². The maximum absolute atomic E-state index is 12.5. The highest BCUT2D eigenvalue weighted by atomic mass is 19.4. The Morgan fingerprint density at radius 3 is 2.65 bits per heavy atom. The van der Waals surface area contributed by atoms with Crippen molar-refractivity contribution in [3.05, 3.63) is 32.6 Å². The van der Waals surface area contributed by atoms with Crippen LogP contribution in [0.2, 0.25) is 0 Å². The van der Waals surface area contributed by atoms with Gasteiger partial charge in [0.15, 0.2) is 0 Å². The molecule has 0 aliphatic carbocycles. The van der Waals surface area contributed by atoms with Crippen molar-refractivity contribution in [2.75, 3.05) is 6.61 Å². The first-order chi connectivity index (χ1) is 7.91. The summed E-state index contributed by atoms with van der Waals surface area (Å²) in [5.41, 5.74) is -3.66. The monoisotopic (exact) mass is 250 g/mol. The van der Waals surface area contributed by atoms with Crippen LogP contribution < -0.4 is 11.2 Å². The standard InChI is InChI=1S/C9H9F3N2O3/c10-9(11,12)5-4-13-8(16)14(7(5)15)6-2-1-3-17-6/h4,6H,1-3H2,(H,13,16). The Bertz CT molecular complexity index is 526. The molecule has 0 spiro atoms. The molecule has 17 heavy (non-hydrogen) atoms. The lowest BCUT2D eigenvalue weighted by atomic mass is 10.3. The summed E-state index contributed by atoms with van der Waals surface area (Å²) in [5.74, 6) is 0. The smallest absolute Gasteiger partial charge is 0.358 e. The lowest BCUT2D eigenvalue weighted by Gasteiger charge is -2.13. The predicted molar refractivity (Wildman–Crippen MR) is 50.5 cm³/mol. The average Bonchev–Trinajstić information content (AvgIpc) is 2.68. The Kier molecular flexibility index (Phi) is 2.82. The van der Waals surface area contributed by atoms with Gasteiger partial charge in [-0.3, -0.25) is 4.79 Å². The Hall–Kier alpha value is -1.57. The van der Waals surface area contributed by atoms with Gasteiger partial charge in [0, 0.05) is 12.8 Å². The minimum Gasteiger partial charge on any atom is -0.358 e. The second-order valence-corrected chi connectivity index (χ2v) is 3.65. The molecule has 1 fully saturated rings. The van der Waals surface area contributed by atoms with E-state index in [0.29, 0.717) is 30.2 Å². The van der Waals surface area contributed by atoms with E-state index < -0.39 is 29.2 Å². The van der Waals surface area contributed by atoms with Crippen LogP contribution in [0.3, 0.4) is 0 Å². The van der Waals surface area contributed by atoms with E-state index in [4.69, 9.17) is 4.74 Å². The lowest BCUT2D eigenvalue weighted by molar-refractivity contribution is -0.139. The first-order valence-electron chi connectivity index (χ1n) is 4.94. The topological polar surface area (TPSA) is 64.1 Å². The molecule has 1 aliphatic rings. The van der Waals surface area contributed by atoms with Crippen molar-refractivity contribution in [1.29, 1.82) is 0 Å². The van der Waals surface area contributed by atoms with Gasteiger partial charge in [-0.15, -0.1) is 0 Å². The third kappa shape index (κ3) is 2.12. The van der Waals surface area contributed by atoms with Crippen LogP contribution in [0.1, 0.15) is 24.6 Å². The summed E-state index contributed by atoms with van der Waals surface area (Å²) in [6, 6.07) is 0. The molecular formula is C9H9F3N2O3. The van der Waals surface area contributed by atoms with Gasteiger partial charge >= 0.3 is 11.9 Å². The number of aromatic amines is 1. The quantitative estimate of drug-likeness (QED) is 0.804. The fourth-order valence-electron chi connectivity index (χ4n) is 1.72. The molecule has 2 heterocycles. The molecule has 0 amide bonds. The van der Waals surface area contributed by atoms with Crippen LogP contribution in [0.25, 0.3) is 0 Å². The summed E-state index contributed by atoms with van der Waals surface area (Å²) in [6.07, 6.45) is -4.36. The van der Waals surface area contributed by atoms with Crippen LogP contribution >= 0.6 is 0 Å². The van der Waals surface area contributed by atoms with E-state index in [0.717, 1.165) is 0 Å². The molecule has 1 saturated heterocycles. The minimum absolute atomic E-state index is 0.326. The lowest BCUT2D eigenvalue weighted by Crippen LogP contribution is -2.41. The summed E-state index contributed by atoms with van der Waals surface area (Å²) < 4.78 is 42.9. The summed E-state index contributed by atoms with van der Waals surface area (Å²) >= 11 is 0. The van der Waals surface area contributed by atoms with Crippen molar-refractivity contribution in [1.82, 2.24) is 9.55 Å². The average molecular weight is 250 g/mol. The van der Waals surface area contributed by atoms with Crippen LogP contribution in [0.4, 0.5) is 13.2 Å². The van der Waals surface area contributed by atoms with E-state index in [1.807, 2.05) is 4.98 Å². The van der Waals surface area contributed by atoms with E-state index in [2.05, 4.69) is 0 Å². The molecule has 0 bridgehead atoms. The van der Waals surface area contributed by atoms with Gasteiger partial charge in [0.1, 0.15) is 11.8 Å². The van der Waals surface area contributed by atoms with Crippen molar-refractivity contribution >= 4 is 0 Å². The van der Waals surface area contributed by atoms with Crippen LogP contribution in [0, 0.1) is 0 Å². The van der Waals surface area contributed by atoms with Crippen molar-refractivity contribution in [3.8, 4) is 0 Å². The Balaban J connectivity index is 2.59. The van der Waals surface area contributed by atoms with Gasteiger partial charge < -0.3 is 9.72 Å². The Morgan fingerprint density at radius 2 is 2.12 bits per heavy atom. The number of nitrogens with one attached hydrogen (secondary N) is 1. The van der Waals surface area contributed by atoms with Crippen LogP contribution in [-0.4, -0.2) is 16.2 Å². The van der Waals surface area contributed by atoms with E-state index in [9.17, 15) is 22.8 Å². The van der Waals surface area contributed by atoms with Gasteiger partial charge in [0.25, 0.3) is 5.56 Å². The third-order valence-corrected chi connectivity index (χ3v) is 2.51. The largest absolute Gasteiger partial charge is 0.423 e. The molecule has 2 rings (SSSR count). The van der Waals surface area contributed by atoms with Crippen LogP contribution in [-0.2, 0) is 10.9 Å². The highest BCUT2D eigenvalue weighted by Gasteiger charge is 2.36. The van der Waals surface area contributed by atoms with Crippen LogP contribution in [0.5, 0.6) is 0 Å². The first kappa shape index (κ1) is 11.9. The zero-order valence-corrected chi connectivity index (χ0v) is 8.58. The number of hydrogen-bond donors (Lipinski definition) is 1. The second kappa shape index (κ2) is 4.02. The van der Waals surface area contributed by atoms with Gasteiger partial charge in [-0.25, -0.2) is 9.36 Å². The zero-order valence-electron chi connectivity index (χ0n) is 8.58. The Morgan fingerprint density at radius 1 is 1.41 bits per heavy atom. The normalized spacial score (nSPS) is 20.8. The number of alkyl halides is 3. The van der Waals surface area contributed by atoms with Gasteiger partial charge in [-0.2, -0.15) is 13.2 Å². The highest BCUT2D eigenvalue weighted by molar-refractivity contribution is 5.09. The fourth-order valence-corrected chi connectivity index (χ4v) is 1.72. The number of ether oxygens (including phenoxy) is 1. The van der Waals surface area contributed by atoms with Gasteiger partial charge in [-0.1, -0.05) is 0 Å². The Labute approximate surface area is 92.8 Å². The molecule has 0 aromatic carbocycles. The molecule has 1 aromatic rings. The summed E-state index contributed by atoms with van der Waals surface area (Å²) in [6.45, 7) is 0.326. The summed E-state index contributed by atoms with van der Waals surface area (Å²) in [4.78, 5) is 24.8. The number of rotatable bonds is 1. The summed E-state index contributed by atoms with van der Waals surface area (Å²) in [5, 5.41) is 0. The molecule has 94 valence electrons. The molecular weight excluding hydrogens is 241 g/mol. The third-order valence-electron chi connectivity index (χ3n) is 2.51. The molecule has 1 unspecified atom stereocenters. The van der Waals surface area contributed by atoms with Crippen molar-refractivity contribution in [3.63, 3.8) is 0 Å². The second-order valence-electron chi connectivity index (χ2n) is 3.65. The fraction of sp³-hybridized carbons (Fsp3) is 0.556. The maximum atomic E-state index is 12.5. The molecule has 8 heteroatoms. The molecule has 5 nitrogen and oxygen atoms in total. The van der Waals surface area contributed by atoms with Gasteiger partial charge in [-0.05, 0) is 12.8 Å². The van der Waals surface area contributed by atoms with Crippen molar-refractivity contribution in [2.45, 2.75) is 25.2 Å². The number of nitrogens with zero attached hydrogens (tertiary/aromatic N) is 1. The molecule has 0 saturated carbocycles. The highest BCUT2D eigenvalue weighted by Crippen LogP contribution is 2.26. The minimum atomic E-state index is -4.79. The number of hydrogen-bond acceptors (Lipinski definition) is 3. The molecule has 1 aromatic heterocycles. The number of H-pyrrole nitrogens is 1. The number of halogens is 3. The van der Waals surface area contributed by atoms with Gasteiger partial charge in [0.2, 0.25) is 0 Å². The predicted octanol–water partition coefficient (Wildman–Crippen LogP) is 0.864. The summed E-state index contributed by atoms with van der Waals surface area (Å²) in [7, 11) is 0. The maximum Gasteiger partial charge on any atom is 0.423 e. The van der Waals surface area contributed by atoms with Gasteiger partial charge in [0.05, 0.1) is 0 Å². The molecule has 0 radical (unpaired) electrons. The van der Waals surface area contributed by atoms with E-state index in [1.54, 1.807) is 0 Å². The van der Waals surface area contributed by atoms with E-state index >= 15 is 0 Å². The molecule has 1 N–H and O–H groups in total.